The smallest absolute Gasteiger partial charge is 0.309 e. The largest absolute Gasteiger partial charge is 0.462 e. The van der Waals surface area contributed by atoms with Gasteiger partial charge >= 0.3 is 5.97 Å². The molecule has 1 saturated heterocycles. The molecule has 4 nitrogen and oxygen atoms in total. The van der Waals surface area contributed by atoms with Gasteiger partial charge in [0.25, 0.3) is 0 Å². The highest BCUT2D eigenvalue weighted by Crippen LogP contribution is 2.29. The molecule has 0 amide bonds. The summed E-state index contributed by atoms with van der Waals surface area (Å²) in [5, 5.41) is 0.651. The van der Waals surface area contributed by atoms with Crippen LogP contribution in [0.3, 0.4) is 0 Å². The third kappa shape index (κ3) is 3.06. The van der Waals surface area contributed by atoms with Crippen LogP contribution < -0.4 is 4.90 Å². The van der Waals surface area contributed by atoms with Gasteiger partial charge in [0.2, 0.25) is 0 Å². The first-order chi connectivity index (χ1) is 9.72. The normalized spacial score (nSPS) is 20.6. The molecule has 0 unspecified atom stereocenters. The minimum atomic E-state index is 0.0133. The van der Waals surface area contributed by atoms with Crippen LogP contribution in [-0.4, -0.2) is 30.1 Å². The summed E-state index contributed by atoms with van der Waals surface area (Å²) < 4.78 is 5.59. The van der Waals surface area contributed by atoms with Crippen molar-refractivity contribution in [2.75, 3.05) is 18.0 Å². The van der Waals surface area contributed by atoms with E-state index in [-0.39, 0.29) is 18.0 Å². The number of anilines is 1. The van der Waals surface area contributed by atoms with E-state index in [0.717, 1.165) is 44.6 Å². The summed E-state index contributed by atoms with van der Waals surface area (Å²) in [5.41, 5.74) is 0. The molecule has 20 heavy (non-hydrogen) atoms. The number of ether oxygens (including phenoxy) is 1. The fourth-order valence-electron chi connectivity index (χ4n) is 2.66. The maximum atomic E-state index is 11.8. The first-order valence-electron chi connectivity index (χ1n) is 7.29. The fourth-order valence-corrected chi connectivity index (χ4v) is 2.77. The second-order valence-corrected chi connectivity index (χ2v) is 6.02. The second kappa shape index (κ2) is 6.00. The number of nitrogens with zero attached hydrogens (tertiary/aromatic N) is 2. The van der Waals surface area contributed by atoms with Crippen LogP contribution in [0.2, 0.25) is 5.02 Å². The molecule has 2 aliphatic rings. The van der Waals surface area contributed by atoms with E-state index in [2.05, 4.69) is 9.88 Å². The maximum Gasteiger partial charge on any atom is 0.309 e. The Kier molecular flexibility index (Phi) is 4.10. The number of rotatable bonds is 3. The van der Waals surface area contributed by atoms with Crippen LogP contribution in [0.4, 0.5) is 5.82 Å². The predicted molar refractivity (Wildman–Crippen MR) is 77.9 cm³/mol. The lowest BCUT2D eigenvalue weighted by Crippen LogP contribution is -2.39. The quantitative estimate of drug-likeness (QED) is 0.804. The van der Waals surface area contributed by atoms with Gasteiger partial charge in [0.15, 0.2) is 0 Å². The summed E-state index contributed by atoms with van der Waals surface area (Å²) in [6.07, 6.45) is 6.68. The highest BCUT2D eigenvalue weighted by molar-refractivity contribution is 6.30. The molecule has 0 atom stereocenters. The van der Waals surface area contributed by atoms with Crippen molar-refractivity contribution in [1.82, 2.24) is 4.98 Å². The minimum absolute atomic E-state index is 0.0133. The molecule has 0 aromatic carbocycles. The first kappa shape index (κ1) is 13.7. The number of piperidine rings is 1. The van der Waals surface area contributed by atoms with Crippen molar-refractivity contribution in [2.24, 2.45) is 5.92 Å². The number of carbonyl (C=O) groups is 1. The first-order valence-corrected chi connectivity index (χ1v) is 7.67. The molecule has 108 valence electrons. The van der Waals surface area contributed by atoms with Crippen LogP contribution in [-0.2, 0) is 9.53 Å². The molecule has 5 heteroatoms. The Bertz CT molecular complexity index is 465. The molecule has 3 rings (SSSR count). The average molecular weight is 295 g/mol. The van der Waals surface area contributed by atoms with E-state index in [1.165, 1.54) is 6.42 Å². The van der Waals surface area contributed by atoms with E-state index in [1.807, 2.05) is 12.1 Å². The van der Waals surface area contributed by atoms with Gasteiger partial charge in [-0.25, -0.2) is 4.98 Å². The third-order valence-corrected chi connectivity index (χ3v) is 4.42. The van der Waals surface area contributed by atoms with Crippen LogP contribution >= 0.6 is 11.6 Å². The third-order valence-electron chi connectivity index (χ3n) is 4.20. The standard InChI is InChI=1S/C15H19ClN2O2/c16-12-4-5-14(17-10-12)18-8-6-13(7-9-18)20-15(19)11-2-1-3-11/h4-5,10-11,13H,1-3,6-9H2. The van der Waals surface area contributed by atoms with Gasteiger partial charge in [-0.3, -0.25) is 4.79 Å². The van der Waals surface area contributed by atoms with Crippen molar-refractivity contribution in [2.45, 2.75) is 38.2 Å². The Morgan fingerprint density at radius 2 is 2.00 bits per heavy atom. The predicted octanol–water partition coefficient (Wildman–Crippen LogP) is 3.05. The van der Waals surface area contributed by atoms with Gasteiger partial charge in [0.1, 0.15) is 11.9 Å². The molecule has 2 fully saturated rings. The molecule has 0 N–H and O–H groups in total. The van der Waals surface area contributed by atoms with Gasteiger partial charge in [-0.1, -0.05) is 18.0 Å². The molecule has 1 saturated carbocycles. The van der Waals surface area contributed by atoms with E-state index >= 15 is 0 Å². The van der Waals surface area contributed by atoms with Crippen LogP contribution in [0, 0.1) is 5.92 Å². The Morgan fingerprint density at radius 3 is 2.55 bits per heavy atom. The highest BCUT2D eigenvalue weighted by atomic mass is 35.5. The fraction of sp³-hybridized carbons (Fsp3) is 0.600. The average Bonchev–Trinajstić information content (AvgIpc) is 2.38. The van der Waals surface area contributed by atoms with E-state index in [1.54, 1.807) is 6.20 Å². The number of hydrogen-bond acceptors (Lipinski definition) is 4. The van der Waals surface area contributed by atoms with Crippen LogP contribution in [0.15, 0.2) is 18.3 Å². The van der Waals surface area contributed by atoms with Crippen molar-refractivity contribution in [3.63, 3.8) is 0 Å². The summed E-state index contributed by atoms with van der Waals surface area (Å²) in [5.74, 6) is 1.13. The summed E-state index contributed by atoms with van der Waals surface area (Å²) >= 11 is 5.84. The Balaban J connectivity index is 1.49. The van der Waals surface area contributed by atoms with E-state index < -0.39 is 0 Å². The molecule has 0 spiro atoms. The molecule has 0 bridgehead atoms. The zero-order valence-corrected chi connectivity index (χ0v) is 12.2. The van der Waals surface area contributed by atoms with Gasteiger partial charge in [0, 0.05) is 32.1 Å². The number of halogens is 1. The molecule has 2 heterocycles. The SMILES string of the molecule is O=C(OC1CCN(c2ccc(Cl)cn2)CC1)C1CCC1. The van der Waals surface area contributed by atoms with Crippen molar-refractivity contribution < 1.29 is 9.53 Å². The van der Waals surface area contributed by atoms with Crippen molar-refractivity contribution >= 4 is 23.4 Å². The van der Waals surface area contributed by atoms with Gasteiger partial charge in [-0.2, -0.15) is 0 Å². The molecular formula is C15H19ClN2O2. The zero-order chi connectivity index (χ0) is 13.9. The van der Waals surface area contributed by atoms with E-state index in [4.69, 9.17) is 16.3 Å². The Morgan fingerprint density at radius 1 is 1.25 bits per heavy atom. The topological polar surface area (TPSA) is 42.4 Å². The lowest BCUT2D eigenvalue weighted by molar-refractivity contribution is -0.157. The van der Waals surface area contributed by atoms with E-state index in [9.17, 15) is 4.79 Å². The van der Waals surface area contributed by atoms with Crippen molar-refractivity contribution in [1.29, 1.82) is 0 Å². The van der Waals surface area contributed by atoms with Crippen molar-refractivity contribution in [3.05, 3.63) is 23.4 Å². The number of pyridine rings is 1. The molecule has 1 aliphatic carbocycles. The highest BCUT2D eigenvalue weighted by Gasteiger charge is 2.30. The Labute approximate surface area is 124 Å². The molecular weight excluding hydrogens is 276 g/mol. The minimum Gasteiger partial charge on any atom is -0.462 e. The number of carbonyl (C=O) groups excluding carboxylic acids is 1. The zero-order valence-electron chi connectivity index (χ0n) is 11.4. The van der Waals surface area contributed by atoms with Gasteiger partial charge in [0.05, 0.1) is 10.9 Å². The lowest BCUT2D eigenvalue weighted by atomic mass is 9.85. The summed E-state index contributed by atoms with van der Waals surface area (Å²) in [7, 11) is 0. The summed E-state index contributed by atoms with van der Waals surface area (Å²) in [6, 6.07) is 3.79. The summed E-state index contributed by atoms with van der Waals surface area (Å²) in [6.45, 7) is 1.74. The summed E-state index contributed by atoms with van der Waals surface area (Å²) in [4.78, 5) is 18.4. The van der Waals surface area contributed by atoms with Crippen LogP contribution in [0.1, 0.15) is 32.1 Å². The maximum absolute atomic E-state index is 11.8. The second-order valence-electron chi connectivity index (χ2n) is 5.59. The number of aromatic nitrogens is 1. The number of esters is 1. The monoisotopic (exact) mass is 294 g/mol. The van der Waals surface area contributed by atoms with Crippen LogP contribution in [0.5, 0.6) is 0 Å². The Hall–Kier alpha value is -1.29. The molecule has 1 aromatic rings. The molecule has 1 aliphatic heterocycles. The van der Waals surface area contributed by atoms with Gasteiger partial charge < -0.3 is 9.64 Å². The van der Waals surface area contributed by atoms with E-state index in [0.29, 0.717) is 5.02 Å². The molecule has 1 aromatic heterocycles. The van der Waals surface area contributed by atoms with Crippen LogP contribution in [0.25, 0.3) is 0 Å². The molecule has 0 radical (unpaired) electrons. The number of hydrogen-bond donors (Lipinski definition) is 0. The van der Waals surface area contributed by atoms with Crippen molar-refractivity contribution in [3.8, 4) is 0 Å². The van der Waals surface area contributed by atoms with Gasteiger partial charge in [-0.15, -0.1) is 0 Å². The van der Waals surface area contributed by atoms with Gasteiger partial charge in [-0.05, 0) is 25.0 Å². The lowest BCUT2D eigenvalue weighted by Gasteiger charge is -2.34.